The van der Waals surface area contributed by atoms with Crippen molar-refractivity contribution in [2.45, 2.75) is 42.7 Å². The number of hydrogen-bond donors (Lipinski definition) is 11. The van der Waals surface area contributed by atoms with Crippen molar-refractivity contribution < 1.29 is 61.0 Å². The van der Waals surface area contributed by atoms with Gasteiger partial charge in [-0.1, -0.05) is 0 Å². The second kappa shape index (κ2) is 12.5. The van der Waals surface area contributed by atoms with Gasteiger partial charge < -0.3 is 56.2 Å². The smallest absolute Gasteiger partial charge is 0.335 e. The molecule has 0 saturated carbocycles. The highest BCUT2D eigenvalue weighted by molar-refractivity contribution is 5.72. The Morgan fingerprint density at radius 2 is 0.913 bits per heavy atom. The Morgan fingerprint density at radius 1 is 0.609 bits per heavy atom. The number of carboxylic acid groups (broad SMARTS) is 1. The molecule has 11 N–H and O–H groups in total. The van der Waals surface area contributed by atoms with E-state index in [2.05, 4.69) is 0 Å². The highest BCUT2D eigenvalue weighted by Crippen LogP contribution is 2.04. The van der Waals surface area contributed by atoms with Gasteiger partial charge in [-0.2, -0.15) is 0 Å². The van der Waals surface area contributed by atoms with E-state index in [1.807, 2.05) is 0 Å². The first-order chi connectivity index (χ1) is 10.5. The van der Waals surface area contributed by atoms with E-state index in [1.54, 1.807) is 0 Å². The van der Waals surface area contributed by atoms with E-state index in [0.717, 1.165) is 0 Å². The van der Waals surface area contributed by atoms with Gasteiger partial charge in [0.05, 0.1) is 19.8 Å². The lowest BCUT2D eigenvalue weighted by atomic mass is 10.0. The fourth-order valence-corrected chi connectivity index (χ4v) is 1.14. The van der Waals surface area contributed by atoms with Gasteiger partial charge in [0.2, 0.25) is 0 Å². The van der Waals surface area contributed by atoms with Gasteiger partial charge in [-0.3, -0.25) is 0 Å². The van der Waals surface area contributed by atoms with Gasteiger partial charge in [0.1, 0.15) is 36.6 Å². The summed E-state index contributed by atoms with van der Waals surface area (Å²) in [5.74, 6) is -1.73. The van der Waals surface area contributed by atoms with Gasteiger partial charge in [0.15, 0.2) is 6.10 Å². The van der Waals surface area contributed by atoms with E-state index in [1.165, 1.54) is 0 Å². The average Bonchev–Trinajstić information content (AvgIpc) is 2.56. The zero-order chi connectivity index (χ0) is 18.7. The summed E-state index contributed by atoms with van der Waals surface area (Å²) in [6.45, 7) is -2.12. The molecule has 0 rings (SSSR count). The number of aliphatic carboxylic acids is 1. The van der Waals surface area contributed by atoms with Crippen LogP contribution < -0.4 is 0 Å². The monoisotopic (exact) mass is 348 g/mol. The summed E-state index contributed by atoms with van der Waals surface area (Å²) in [6, 6.07) is 0. The van der Waals surface area contributed by atoms with Crippen LogP contribution in [0.25, 0.3) is 0 Å². The van der Waals surface area contributed by atoms with E-state index in [0.29, 0.717) is 0 Å². The van der Waals surface area contributed by atoms with Crippen LogP contribution in [0.3, 0.4) is 0 Å². The van der Waals surface area contributed by atoms with Gasteiger partial charge in [-0.15, -0.1) is 0 Å². The van der Waals surface area contributed by atoms with E-state index in [9.17, 15) is 4.79 Å². The Labute approximate surface area is 130 Å². The van der Waals surface area contributed by atoms with Crippen molar-refractivity contribution in [3.63, 3.8) is 0 Å². The van der Waals surface area contributed by atoms with Crippen LogP contribution in [-0.2, 0) is 4.79 Å². The van der Waals surface area contributed by atoms with Crippen molar-refractivity contribution in [3.8, 4) is 0 Å². The van der Waals surface area contributed by atoms with Gasteiger partial charge >= 0.3 is 5.97 Å². The third kappa shape index (κ3) is 9.07. The summed E-state index contributed by atoms with van der Waals surface area (Å²) in [6.07, 6.45) is -12.1. The number of hydrogen-bond acceptors (Lipinski definition) is 11. The van der Waals surface area contributed by atoms with E-state index < -0.39 is 68.5 Å². The molecule has 0 aromatic rings. The van der Waals surface area contributed by atoms with Crippen LogP contribution in [0, 0.1) is 0 Å². The van der Waals surface area contributed by atoms with Crippen LogP contribution >= 0.6 is 0 Å². The molecule has 23 heavy (non-hydrogen) atoms. The molecule has 0 bridgehead atoms. The number of aliphatic hydroxyl groups excluding tert-OH is 10. The zero-order valence-corrected chi connectivity index (χ0v) is 12.0. The minimum absolute atomic E-state index is 0.641. The SMILES string of the molecule is O=C(O)[C@H](O)[C@@H](O)[C@H](O)[C@H](O)CO.OC[C@@H](O)[C@H](O)[C@@H](O)CO. The van der Waals surface area contributed by atoms with Crippen molar-refractivity contribution in [1.82, 2.24) is 0 Å². The van der Waals surface area contributed by atoms with E-state index in [-0.39, 0.29) is 0 Å². The van der Waals surface area contributed by atoms with Gasteiger partial charge in [-0.05, 0) is 0 Å². The normalized spacial score (nSPS) is 20.3. The minimum atomic E-state index is -2.20. The van der Waals surface area contributed by atoms with Crippen LogP contribution in [0.15, 0.2) is 0 Å². The number of carboxylic acids is 1. The summed E-state index contributed by atoms with van der Waals surface area (Å²) in [4.78, 5) is 10.1. The van der Waals surface area contributed by atoms with Gasteiger partial charge in [-0.25, -0.2) is 4.79 Å². The Morgan fingerprint density at radius 3 is 1.17 bits per heavy atom. The fraction of sp³-hybridized carbons (Fsp3) is 0.909. The lowest BCUT2D eigenvalue weighted by Gasteiger charge is -2.23. The summed E-state index contributed by atoms with van der Waals surface area (Å²) in [5, 5.41) is 94.4. The second-order valence-corrected chi connectivity index (χ2v) is 4.50. The molecule has 0 aliphatic carbocycles. The van der Waals surface area contributed by atoms with Crippen molar-refractivity contribution in [3.05, 3.63) is 0 Å². The molecule has 0 aromatic heterocycles. The lowest BCUT2D eigenvalue weighted by molar-refractivity contribution is -0.164. The van der Waals surface area contributed by atoms with Gasteiger partial charge in [0.25, 0.3) is 0 Å². The molecule has 0 fully saturated rings. The predicted molar refractivity (Wildman–Crippen MR) is 70.9 cm³/mol. The first kappa shape index (κ1) is 24.3. The molecular weight excluding hydrogens is 324 g/mol. The van der Waals surface area contributed by atoms with Crippen molar-refractivity contribution in [2.75, 3.05) is 19.8 Å². The van der Waals surface area contributed by atoms with Crippen LogP contribution in [0.5, 0.6) is 0 Å². The molecule has 0 saturated heterocycles. The van der Waals surface area contributed by atoms with Crippen LogP contribution in [-0.4, -0.2) is 125 Å². The Bertz CT molecular complexity index is 303. The summed E-state index contributed by atoms with van der Waals surface area (Å²) in [5.41, 5.74) is 0. The van der Waals surface area contributed by atoms with Crippen LogP contribution in [0.4, 0.5) is 0 Å². The third-order valence-corrected chi connectivity index (χ3v) is 2.67. The molecule has 0 spiro atoms. The maximum atomic E-state index is 10.1. The largest absolute Gasteiger partial charge is 0.479 e. The van der Waals surface area contributed by atoms with Crippen molar-refractivity contribution in [1.29, 1.82) is 0 Å². The molecular formula is C11H24O12. The quantitative estimate of drug-likeness (QED) is 0.186. The average molecular weight is 348 g/mol. The number of rotatable bonds is 9. The number of carbonyl (C=O) groups is 1. The zero-order valence-electron chi connectivity index (χ0n) is 12.0. The molecule has 0 aromatic carbocycles. The highest BCUT2D eigenvalue weighted by atomic mass is 16.4. The summed E-state index contributed by atoms with van der Waals surface area (Å²) < 4.78 is 0. The van der Waals surface area contributed by atoms with Crippen molar-refractivity contribution >= 4 is 5.97 Å². The van der Waals surface area contributed by atoms with Crippen molar-refractivity contribution in [2.24, 2.45) is 0 Å². The first-order valence-corrected chi connectivity index (χ1v) is 6.36. The van der Waals surface area contributed by atoms with Crippen LogP contribution in [0.1, 0.15) is 0 Å². The topological polar surface area (TPSA) is 240 Å². The van der Waals surface area contributed by atoms with E-state index >= 15 is 0 Å². The maximum absolute atomic E-state index is 10.1. The molecule has 0 unspecified atom stereocenters. The predicted octanol–water partition coefficient (Wildman–Crippen LogP) is -6.44. The molecule has 0 amide bonds. The first-order valence-electron chi connectivity index (χ1n) is 6.36. The molecule has 12 heteroatoms. The van der Waals surface area contributed by atoms with E-state index in [4.69, 9.17) is 56.2 Å². The molecule has 0 aliphatic heterocycles. The second-order valence-electron chi connectivity index (χ2n) is 4.50. The Kier molecular flexibility index (Phi) is 13.2. The van der Waals surface area contributed by atoms with Crippen LogP contribution in [0.2, 0.25) is 0 Å². The Balaban J connectivity index is 0. The molecule has 0 aliphatic rings. The third-order valence-electron chi connectivity index (χ3n) is 2.67. The maximum Gasteiger partial charge on any atom is 0.335 e. The fourth-order valence-electron chi connectivity index (χ4n) is 1.14. The molecule has 140 valence electrons. The molecule has 12 nitrogen and oxygen atoms in total. The minimum Gasteiger partial charge on any atom is -0.479 e. The lowest BCUT2D eigenvalue weighted by Crippen LogP contribution is -2.48. The molecule has 0 heterocycles. The van der Waals surface area contributed by atoms with Gasteiger partial charge in [0, 0.05) is 0 Å². The standard InChI is InChI=1S/C6H12O7.C5H12O5/c7-1-2(8)3(9)4(10)5(11)6(12)13;6-1-3(8)5(10)4(9)2-7/h2-5,7-11H,1H2,(H,12,13);3-10H,1-2H2/t2-,3-,4+,5-;3-,4+,5+/m1./s1. The highest BCUT2D eigenvalue weighted by Gasteiger charge is 2.33. The molecule has 0 radical (unpaired) electrons. The Hall–Kier alpha value is -0.930. The number of aliphatic hydroxyl groups is 10. The molecule has 7 atom stereocenters. The summed E-state index contributed by atoms with van der Waals surface area (Å²) in [7, 11) is 0. The summed E-state index contributed by atoms with van der Waals surface area (Å²) >= 11 is 0.